The van der Waals surface area contributed by atoms with Crippen molar-refractivity contribution in [3.8, 4) is 5.88 Å². The van der Waals surface area contributed by atoms with Crippen molar-refractivity contribution in [1.82, 2.24) is 15.0 Å². The van der Waals surface area contributed by atoms with Gasteiger partial charge >= 0.3 is 0 Å². The number of sulfonamides is 1. The summed E-state index contributed by atoms with van der Waals surface area (Å²) in [6, 6.07) is 4.81. The first-order valence-corrected chi connectivity index (χ1v) is 9.38. The monoisotopic (exact) mass is 398 g/mol. The molecule has 7 nitrogen and oxygen atoms in total. The van der Waals surface area contributed by atoms with Crippen molar-refractivity contribution in [3.05, 3.63) is 41.2 Å². The van der Waals surface area contributed by atoms with Crippen molar-refractivity contribution in [2.75, 3.05) is 11.8 Å². The summed E-state index contributed by atoms with van der Waals surface area (Å²) in [7, 11) is -2.66. The predicted molar refractivity (Wildman–Crippen MR) is 96.8 cm³/mol. The molecule has 0 saturated heterocycles. The molecule has 2 aromatic heterocycles. The maximum absolute atomic E-state index is 14.2. The van der Waals surface area contributed by atoms with Crippen molar-refractivity contribution < 1.29 is 17.5 Å². The average Bonchev–Trinajstić information content (AvgIpc) is 2.97. The van der Waals surface area contributed by atoms with Gasteiger partial charge in [0.25, 0.3) is 10.0 Å². The summed E-state index contributed by atoms with van der Waals surface area (Å²) in [5.74, 6) is -0.269. The van der Waals surface area contributed by atoms with Gasteiger partial charge in [-0.2, -0.15) is 4.98 Å². The normalized spacial score (nSPS) is 12.3. The largest absolute Gasteiger partial charge is 0.481 e. The van der Waals surface area contributed by atoms with Crippen LogP contribution < -0.4 is 9.46 Å². The van der Waals surface area contributed by atoms with Gasteiger partial charge in [-0.3, -0.25) is 0 Å². The second kappa shape index (κ2) is 6.40. The lowest BCUT2D eigenvalue weighted by Gasteiger charge is -2.17. The molecule has 0 atom stereocenters. The molecule has 3 rings (SSSR count). The number of nitrogens with zero attached hydrogens (tertiary/aromatic N) is 2. The van der Waals surface area contributed by atoms with Crippen LogP contribution in [0.1, 0.15) is 19.4 Å². The van der Waals surface area contributed by atoms with Crippen LogP contribution in [0.15, 0.2) is 35.5 Å². The smallest absolute Gasteiger partial charge is 0.266 e. The van der Waals surface area contributed by atoms with Gasteiger partial charge < -0.3 is 9.72 Å². The summed E-state index contributed by atoms with van der Waals surface area (Å²) in [6.45, 7) is 2.66. The summed E-state index contributed by atoms with van der Waals surface area (Å²) in [4.78, 5) is 10.7. The Kier molecular flexibility index (Phi) is 4.53. The summed E-state index contributed by atoms with van der Waals surface area (Å²) in [6.07, 6.45) is 2.54. The van der Waals surface area contributed by atoms with Gasteiger partial charge in [0.2, 0.25) is 11.8 Å². The minimum atomic E-state index is -3.98. The first-order valence-electron chi connectivity index (χ1n) is 7.51. The second-order valence-electron chi connectivity index (χ2n) is 6.04. The zero-order valence-electron chi connectivity index (χ0n) is 14.2. The Bertz CT molecular complexity index is 1080. The summed E-state index contributed by atoms with van der Waals surface area (Å²) in [5, 5.41) is 0.948. The van der Waals surface area contributed by atoms with Crippen molar-refractivity contribution in [3.63, 3.8) is 0 Å². The van der Waals surface area contributed by atoms with E-state index in [4.69, 9.17) is 16.3 Å². The molecule has 0 fully saturated rings. The molecule has 0 unspecified atom stereocenters. The zero-order valence-corrected chi connectivity index (χ0v) is 15.7. The number of fused-ring (bicyclic) bond motifs is 1. The number of alkyl halides is 1. The van der Waals surface area contributed by atoms with Crippen LogP contribution >= 0.6 is 11.6 Å². The lowest BCUT2D eigenvalue weighted by molar-refractivity contribution is 0.211. The number of benzene rings is 1. The van der Waals surface area contributed by atoms with Crippen molar-refractivity contribution in [2.24, 2.45) is 0 Å². The molecule has 3 aromatic rings. The lowest BCUT2D eigenvalue weighted by atomic mass is 10.0. The van der Waals surface area contributed by atoms with Crippen molar-refractivity contribution >= 4 is 38.5 Å². The van der Waals surface area contributed by atoms with Crippen LogP contribution in [0.25, 0.3) is 10.9 Å². The molecular weight excluding hydrogens is 383 g/mol. The molecule has 0 radical (unpaired) electrons. The fourth-order valence-electron chi connectivity index (χ4n) is 2.45. The van der Waals surface area contributed by atoms with E-state index >= 15 is 0 Å². The fraction of sp³-hybridized carbons (Fsp3) is 0.250. The number of nitrogens with one attached hydrogen (secondary N) is 2. The zero-order chi connectivity index (χ0) is 19.1. The van der Waals surface area contributed by atoms with Crippen LogP contribution in [0.5, 0.6) is 5.88 Å². The maximum atomic E-state index is 14.2. The van der Waals surface area contributed by atoms with Gasteiger partial charge in [-0.05, 0) is 32.0 Å². The van der Waals surface area contributed by atoms with Crippen LogP contribution in [0.3, 0.4) is 0 Å². The summed E-state index contributed by atoms with van der Waals surface area (Å²) >= 11 is 5.91. The number of halogens is 2. The third kappa shape index (κ3) is 3.45. The van der Waals surface area contributed by atoms with E-state index in [1.165, 1.54) is 33.4 Å². The molecule has 0 spiro atoms. The first-order chi connectivity index (χ1) is 12.1. The van der Waals surface area contributed by atoms with E-state index < -0.39 is 15.7 Å². The highest BCUT2D eigenvalue weighted by Gasteiger charge is 2.27. The number of aromatic amines is 1. The van der Waals surface area contributed by atoms with Gasteiger partial charge in [0.15, 0.2) is 0 Å². The molecule has 0 aliphatic rings. The number of methoxy groups -OCH3 is 1. The van der Waals surface area contributed by atoms with Crippen molar-refractivity contribution in [2.45, 2.75) is 24.4 Å². The quantitative estimate of drug-likeness (QED) is 0.684. The van der Waals surface area contributed by atoms with E-state index in [1.54, 1.807) is 18.2 Å². The Labute approximate surface area is 154 Å². The van der Waals surface area contributed by atoms with E-state index in [-0.39, 0.29) is 22.3 Å². The number of hydrogen-bond acceptors (Lipinski definition) is 5. The number of H-pyrrole nitrogens is 1. The molecule has 0 saturated carbocycles. The molecular formula is C16H16ClFN4O3S. The van der Waals surface area contributed by atoms with Gasteiger partial charge in [-0.1, -0.05) is 11.6 Å². The number of hydrogen-bond donors (Lipinski definition) is 2. The third-order valence-electron chi connectivity index (χ3n) is 3.71. The minimum absolute atomic E-state index is 0.0154. The maximum Gasteiger partial charge on any atom is 0.266 e. The lowest BCUT2D eigenvalue weighted by Crippen LogP contribution is -2.17. The molecule has 1 aromatic carbocycles. The second-order valence-corrected chi connectivity index (χ2v) is 8.12. The minimum Gasteiger partial charge on any atom is -0.481 e. The van der Waals surface area contributed by atoms with Crippen LogP contribution in [0.2, 0.25) is 5.02 Å². The highest BCUT2D eigenvalue weighted by atomic mass is 35.5. The number of anilines is 1. The summed E-state index contributed by atoms with van der Waals surface area (Å²) < 4.78 is 46.9. The van der Waals surface area contributed by atoms with Crippen LogP contribution in [0.4, 0.5) is 10.3 Å². The van der Waals surface area contributed by atoms with Crippen LogP contribution in [0, 0.1) is 0 Å². The van der Waals surface area contributed by atoms with E-state index in [0.29, 0.717) is 15.9 Å². The van der Waals surface area contributed by atoms with E-state index in [2.05, 4.69) is 19.7 Å². The predicted octanol–water partition coefficient (Wildman–Crippen LogP) is 3.63. The molecule has 10 heteroatoms. The van der Waals surface area contributed by atoms with E-state index in [9.17, 15) is 12.8 Å². The van der Waals surface area contributed by atoms with E-state index in [1.807, 2.05) is 0 Å². The molecule has 0 aliphatic carbocycles. The van der Waals surface area contributed by atoms with Crippen molar-refractivity contribution in [1.29, 1.82) is 0 Å². The third-order valence-corrected chi connectivity index (χ3v) is 5.31. The molecule has 0 amide bonds. The summed E-state index contributed by atoms with van der Waals surface area (Å²) in [5.41, 5.74) is -1.05. The van der Waals surface area contributed by atoms with Gasteiger partial charge in [0.1, 0.15) is 10.6 Å². The van der Waals surface area contributed by atoms with Gasteiger partial charge in [0.05, 0.1) is 12.7 Å². The van der Waals surface area contributed by atoms with E-state index in [0.717, 1.165) is 0 Å². The molecule has 0 bridgehead atoms. The number of rotatable bonds is 5. The van der Waals surface area contributed by atoms with Crippen LogP contribution in [-0.4, -0.2) is 30.5 Å². The van der Waals surface area contributed by atoms with Gasteiger partial charge in [-0.25, -0.2) is 22.5 Å². The highest BCUT2D eigenvalue weighted by molar-refractivity contribution is 7.93. The fourth-order valence-corrected chi connectivity index (χ4v) is 3.75. The number of aromatic nitrogens is 3. The number of ether oxygens (including phenoxy) is 1. The first kappa shape index (κ1) is 18.4. The van der Waals surface area contributed by atoms with Crippen LogP contribution in [-0.2, 0) is 15.7 Å². The standard InChI is InChI=1S/C16H16ClFN4O3S/c1-16(2,18)11-7-20-15(21-14(11)25-3)22-26(23,24)13-8-19-12-6-9(17)4-5-10(12)13/h4-8,19H,1-3H3,(H,20,21,22). The molecule has 0 aliphatic heterocycles. The Balaban J connectivity index is 1.99. The molecule has 138 valence electrons. The highest BCUT2D eigenvalue weighted by Crippen LogP contribution is 2.32. The topological polar surface area (TPSA) is 97.0 Å². The van der Waals surface area contributed by atoms with Gasteiger partial charge in [-0.15, -0.1) is 0 Å². The molecule has 2 N–H and O–H groups in total. The Morgan fingerprint density at radius 3 is 2.73 bits per heavy atom. The molecule has 2 heterocycles. The Morgan fingerprint density at radius 2 is 2.08 bits per heavy atom. The molecule has 26 heavy (non-hydrogen) atoms. The average molecular weight is 399 g/mol. The Morgan fingerprint density at radius 1 is 1.35 bits per heavy atom. The SMILES string of the molecule is COc1nc(NS(=O)(=O)c2c[nH]c3cc(Cl)ccc23)ncc1C(C)(C)F. The Hall–Kier alpha value is -2.39. The van der Waals surface area contributed by atoms with Gasteiger partial charge in [0, 0.05) is 28.3 Å².